The van der Waals surface area contributed by atoms with E-state index in [0.29, 0.717) is 25.7 Å². The van der Waals surface area contributed by atoms with Crippen LogP contribution in [0.1, 0.15) is 49.4 Å². The molecule has 1 aromatic rings. The monoisotopic (exact) mass is 369 g/mol. The first-order chi connectivity index (χ1) is 11.8. The molecule has 0 aliphatic rings. The third-order valence-electron chi connectivity index (χ3n) is 3.60. The van der Waals surface area contributed by atoms with Crippen molar-refractivity contribution in [1.29, 1.82) is 0 Å². The summed E-state index contributed by atoms with van der Waals surface area (Å²) in [7, 11) is -3.76. The number of hydrogen-bond donors (Lipinski definition) is 2. The van der Waals surface area contributed by atoms with Gasteiger partial charge in [-0.3, -0.25) is 4.79 Å². The number of ketones is 1. The first kappa shape index (κ1) is 21.0. The van der Waals surface area contributed by atoms with E-state index in [4.69, 9.17) is 5.11 Å². The van der Waals surface area contributed by atoms with Crippen LogP contribution in [0.15, 0.2) is 29.2 Å². The molecule has 0 fully saturated rings. The number of benzene rings is 1. The molecule has 0 spiro atoms. The molecular weight excluding hydrogens is 346 g/mol. The van der Waals surface area contributed by atoms with Crippen LogP contribution in [0.4, 0.5) is 0 Å². The maximum atomic E-state index is 12.1. The largest absolute Gasteiger partial charge is 0.478 e. The fourth-order valence-electron chi connectivity index (χ4n) is 2.22. The van der Waals surface area contributed by atoms with Crippen molar-refractivity contribution in [3.8, 4) is 0 Å². The van der Waals surface area contributed by atoms with E-state index >= 15 is 0 Å². The van der Waals surface area contributed by atoms with E-state index < -0.39 is 16.0 Å². The van der Waals surface area contributed by atoms with E-state index in [1.54, 1.807) is 6.92 Å². The Morgan fingerprint density at radius 2 is 1.96 bits per heavy atom. The van der Waals surface area contributed by atoms with Gasteiger partial charge in [0.1, 0.15) is 12.1 Å². The van der Waals surface area contributed by atoms with Crippen molar-refractivity contribution in [2.24, 2.45) is 5.92 Å². The van der Waals surface area contributed by atoms with Gasteiger partial charge in [-0.25, -0.2) is 17.9 Å². The van der Waals surface area contributed by atoms with Crippen molar-refractivity contribution in [2.45, 2.75) is 43.9 Å². The highest BCUT2D eigenvalue weighted by Gasteiger charge is 2.15. The highest BCUT2D eigenvalue weighted by molar-refractivity contribution is 7.89. The summed E-state index contributed by atoms with van der Waals surface area (Å²) in [5.74, 6) is -1.42. The molecule has 0 bridgehead atoms. The van der Waals surface area contributed by atoms with Gasteiger partial charge >= 0.3 is 5.97 Å². The summed E-state index contributed by atoms with van der Waals surface area (Å²) in [6.07, 6.45) is 3.27. The lowest BCUT2D eigenvalue weighted by Gasteiger charge is -2.07. The van der Waals surface area contributed by atoms with Gasteiger partial charge in [-0.05, 0) is 31.0 Å². The number of nitrogens with one attached hydrogen (secondary N) is 1. The summed E-state index contributed by atoms with van der Waals surface area (Å²) < 4.78 is 26.6. The van der Waals surface area contributed by atoms with Crippen LogP contribution in [0.25, 0.3) is 0 Å². The molecule has 8 heteroatoms. The molecule has 25 heavy (non-hydrogen) atoms. The fraction of sp³-hybridized carbons (Fsp3) is 0.471. The molecular formula is C17H23NO6S. The van der Waals surface area contributed by atoms with Gasteiger partial charge in [0.15, 0.2) is 0 Å². The molecule has 0 saturated carbocycles. The molecule has 0 aromatic heterocycles. The Morgan fingerprint density at radius 1 is 1.24 bits per heavy atom. The number of aromatic carboxylic acids is 1. The number of Topliss-reactive ketones (excluding diaryl/α,β-unsaturated/α-hetero) is 1. The van der Waals surface area contributed by atoms with Crippen molar-refractivity contribution in [3.05, 3.63) is 29.8 Å². The molecule has 0 saturated heterocycles. The minimum absolute atomic E-state index is 0.0330. The molecule has 0 radical (unpaired) electrons. The first-order valence-corrected chi connectivity index (χ1v) is 9.54. The van der Waals surface area contributed by atoms with Crippen LogP contribution in [-0.2, 0) is 19.6 Å². The second-order valence-electron chi connectivity index (χ2n) is 5.90. The summed E-state index contributed by atoms with van der Waals surface area (Å²) in [6, 6.07) is 5.15. The highest BCUT2D eigenvalue weighted by Crippen LogP contribution is 2.12. The second kappa shape index (κ2) is 10.0. The normalized spacial score (nSPS) is 12.5. The lowest BCUT2D eigenvalue weighted by Crippen LogP contribution is -2.25. The van der Waals surface area contributed by atoms with Crippen LogP contribution < -0.4 is 4.72 Å². The average Bonchev–Trinajstić information content (AvgIpc) is 2.57. The lowest BCUT2D eigenvalue weighted by molar-refractivity contribution is -0.122. The number of carboxylic acids is 1. The van der Waals surface area contributed by atoms with Gasteiger partial charge in [0, 0.05) is 25.3 Å². The molecule has 0 heterocycles. The molecule has 7 nitrogen and oxygen atoms in total. The Kier molecular flexibility index (Phi) is 8.44. The molecule has 0 aliphatic carbocycles. The molecule has 0 unspecified atom stereocenters. The topological polar surface area (TPSA) is 118 Å². The van der Waals surface area contributed by atoms with Crippen molar-refractivity contribution >= 4 is 28.1 Å². The number of rotatable bonds is 12. The maximum absolute atomic E-state index is 12.1. The van der Waals surface area contributed by atoms with Crippen LogP contribution in [0.2, 0.25) is 0 Å². The molecule has 0 aliphatic heterocycles. The van der Waals surface area contributed by atoms with E-state index in [1.165, 1.54) is 18.2 Å². The van der Waals surface area contributed by atoms with Gasteiger partial charge < -0.3 is 9.90 Å². The average molecular weight is 369 g/mol. The predicted molar refractivity (Wildman–Crippen MR) is 91.9 cm³/mol. The summed E-state index contributed by atoms with van der Waals surface area (Å²) in [6.45, 7) is 1.90. The third kappa shape index (κ3) is 7.57. The Hall–Kier alpha value is -2.06. The van der Waals surface area contributed by atoms with E-state index in [1.807, 2.05) is 0 Å². The number of unbranched alkanes of at least 4 members (excludes halogenated alkanes) is 2. The van der Waals surface area contributed by atoms with Crippen LogP contribution in [0, 0.1) is 5.92 Å². The molecule has 0 amide bonds. The van der Waals surface area contributed by atoms with Crippen LogP contribution in [-0.4, -0.2) is 38.1 Å². The lowest BCUT2D eigenvalue weighted by atomic mass is 10.0. The standard InChI is InChI=1S/C17H23NO6S/c1-13(12-19)10-15(20)7-3-2-4-9-18-25(23,24)16-8-5-6-14(11-16)17(21)22/h5-6,8,11-13,18H,2-4,7,9-10H2,1H3,(H,21,22)/t13-/m1/s1. The first-order valence-electron chi connectivity index (χ1n) is 8.06. The fourth-order valence-corrected chi connectivity index (χ4v) is 3.34. The summed E-state index contributed by atoms with van der Waals surface area (Å²) in [5, 5.41) is 8.90. The number of hydrogen-bond acceptors (Lipinski definition) is 5. The number of carbonyl (C=O) groups is 3. The van der Waals surface area contributed by atoms with Gasteiger partial charge in [0.25, 0.3) is 0 Å². The van der Waals surface area contributed by atoms with E-state index in [9.17, 15) is 22.8 Å². The smallest absolute Gasteiger partial charge is 0.335 e. The van der Waals surface area contributed by atoms with E-state index in [-0.39, 0.29) is 35.1 Å². The zero-order chi connectivity index (χ0) is 18.9. The molecule has 1 rings (SSSR count). The minimum atomic E-state index is -3.76. The summed E-state index contributed by atoms with van der Waals surface area (Å²) in [5.41, 5.74) is -0.0917. The molecule has 2 N–H and O–H groups in total. The van der Waals surface area contributed by atoms with Gasteiger partial charge in [-0.15, -0.1) is 0 Å². The number of sulfonamides is 1. The van der Waals surface area contributed by atoms with Crippen LogP contribution in [0.3, 0.4) is 0 Å². The predicted octanol–water partition coefficient (Wildman–Crippen LogP) is 2.02. The quantitative estimate of drug-likeness (QED) is 0.430. The number of aldehydes is 1. The van der Waals surface area contributed by atoms with Gasteiger partial charge in [-0.2, -0.15) is 0 Å². The second-order valence-corrected chi connectivity index (χ2v) is 7.66. The third-order valence-corrected chi connectivity index (χ3v) is 5.06. The minimum Gasteiger partial charge on any atom is -0.478 e. The van der Waals surface area contributed by atoms with Crippen molar-refractivity contribution in [3.63, 3.8) is 0 Å². The Labute approximate surface area is 147 Å². The maximum Gasteiger partial charge on any atom is 0.335 e. The number of carbonyl (C=O) groups excluding carboxylic acids is 2. The van der Waals surface area contributed by atoms with Crippen LogP contribution in [0.5, 0.6) is 0 Å². The zero-order valence-corrected chi connectivity index (χ0v) is 14.9. The number of carboxylic acid groups (broad SMARTS) is 1. The van der Waals surface area contributed by atoms with E-state index in [0.717, 1.165) is 12.4 Å². The van der Waals surface area contributed by atoms with Gasteiger partial charge in [0.05, 0.1) is 10.5 Å². The highest BCUT2D eigenvalue weighted by atomic mass is 32.2. The van der Waals surface area contributed by atoms with Crippen molar-refractivity contribution in [2.75, 3.05) is 6.54 Å². The van der Waals surface area contributed by atoms with Gasteiger partial charge in [0.2, 0.25) is 10.0 Å². The summed E-state index contributed by atoms with van der Waals surface area (Å²) >= 11 is 0. The Bertz CT molecular complexity index is 714. The van der Waals surface area contributed by atoms with Crippen LogP contribution >= 0.6 is 0 Å². The Morgan fingerprint density at radius 3 is 2.60 bits per heavy atom. The zero-order valence-electron chi connectivity index (χ0n) is 14.1. The van der Waals surface area contributed by atoms with Crippen molar-refractivity contribution < 1.29 is 27.9 Å². The van der Waals surface area contributed by atoms with Gasteiger partial charge in [-0.1, -0.05) is 19.4 Å². The molecule has 1 aromatic carbocycles. The molecule has 1 atom stereocenters. The summed E-state index contributed by atoms with van der Waals surface area (Å²) in [4.78, 5) is 32.8. The van der Waals surface area contributed by atoms with Crippen molar-refractivity contribution in [1.82, 2.24) is 4.72 Å². The SMILES string of the molecule is C[C@@H](C=O)CC(=O)CCCCCNS(=O)(=O)c1cccc(C(=O)O)c1. The molecule has 138 valence electrons. The van der Waals surface area contributed by atoms with E-state index in [2.05, 4.69) is 4.72 Å². The Balaban J connectivity index is 2.36.